The van der Waals surface area contributed by atoms with E-state index in [1.54, 1.807) is 13.8 Å². The standard InChI is InChI=1S/C10H12F2N2O3/c1-10(2,13)5-17-9-7(11)3-6(14(15)16)4-8(9)12/h3-4H,5,13H2,1-2H3. The molecule has 0 aliphatic heterocycles. The third kappa shape index (κ3) is 3.63. The van der Waals surface area contributed by atoms with Crippen LogP contribution in [0.3, 0.4) is 0 Å². The smallest absolute Gasteiger partial charge is 0.275 e. The molecule has 0 aliphatic rings. The fourth-order valence-corrected chi connectivity index (χ4v) is 1.05. The van der Waals surface area contributed by atoms with Crippen LogP contribution in [0.4, 0.5) is 14.5 Å². The summed E-state index contributed by atoms with van der Waals surface area (Å²) in [5.41, 5.74) is 4.15. The van der Waals surface area contributed by atoms with Crippen molar-refractivity contribution in [2.45, 2.75) is 19.4 Å². The van der Waals surface area contributed by atoms with E-state index in [1.165, 1.54) is 0 Å². The Kier molecular flexibility index (Phi) is 3.62. The molecule has 0 bridgehead atoms. The van der Waals surface area contributed by atoms with Crippen molar-refractivity contribution in [3.8, 4) is 5.75 Å². The first-order valence-electron chi connectivity index (χ1n) is 4.76. The van der Waals surface area contributed by atoms with E-state index in [1.807, 2.05) is 0 Å². The highest BCUT2D eigenvalue weighted by molar-refractivity contribution is 5.39. The molecule has 0 aromatic heterocycles. The molecule has 7 heteroatoms. The zero-order valence-corrected chi connectivity index (χ0v) is 9.37. The van der Waals surface area contributed by atoms with Gasteiger partial charge < -0.3 is 10.5 Å². The van der Waals surface area contributed by atoms with Gasteiger partial charge in [-0.3, -0.25) is 10.1 Å². The number of nitrogens with zero attached hydrogens (tertiary/aromatic N) is 1. The van der Waals surface area contributed by atoms with Crippen molar-refractivity contribution < 1.29 is 18.4 Å². The van der Waals surface area contributed by atoms with Gasteiger partial charge in [-0.2, -0.15) is 0 Å². The number of halogens is 2. The summed E-state index contributed by atoms with van der Waals surface area (Å²) in [4.78, 5) is 9.46. The largest absolute Gasteiger partial charge is 0.486 e. The number of ether oxygens (including phenoxy) is 1. The number of nitro groups is 1. The molecule has 0 saturated carbocycles. The number of nitrogens with two attached hydrogens (primary N) is 1. The second-order valence-electron chi connectivity index (χ2n) is 4.27. The summed E-state index contributed by atoms with van der Waals surface area (Å²) in [6.07, 6.45) is 0. The number of hydrogen-bond acceptors (Lipinski definition) is 4. The van der Waals surface area contributed by atoms with Crippen molar-refractivity contribution in [2.24, 2.45) is 5.73 Å². The summed E-state index contributed by atoms with van der Waals surface area (Å²) in [6.45, 7) is 3.13. The molecule has 0 radical (unpaired) electrons. The van der Waals surface area contributed by atoms with Crippen molar-refractivity contribution in [3.63, 3.8) is 0 Å². The highest BCUT2D eigenvalue weighted by Gasteiger charge is 2.20. The van der Waals surface area contributed by atoms with E-state index in [-0.39, 0.29) is 6.61 Å². The normalized spacial score (nSPS) is 11.4. The molecule has 0 spiro atoms. The lowest BCUT2D eigenvalue weighted by Crippen LogP contribution is -2.39. The SMILES string of the molecule is CC(C)(N)COc1c(F)cc([N+](=O)[O-])cc1F. The highest BCUT2D eigenvalue weighted by Crippen LogP contribution is 2.27. The summed E-state index contributed by atoms with van der Waals surface area (Å²) in [7, 11) is 0. The molecule has 0 saturated heterocycles. The van der Waals surface area contributed by atoms with Gasteiger partial charge in [-0.25, -0.2) is 8.78 Å². The Balaban J connectivity index is 2.98. The first kappa shape index (κ1) is 13.3. The van der Waals surface area contributed by atoms with Gasteiger partial charge in [0.1, 0.15) is 6.61 Å². The van der Waals surface area contributed by atoms with Gasteiger partial charge in [0.15, 0.2) is 17.4 Å². The fraction of sp³-hybridized carbons (Fsp3) is 0.400. The first-order valence-corrected chi connectivity index (χ1v) is 4.76. The predicted octanol–water partition coefficient (Wildman–Crippen LogP) is 1.99. The Hall–Kier alpha value is -1.76. The molecule has 0 atom stereocenters. The van der Waals surface area contributed by atoms with Crippen LogP contribution < -0.4 is 10.5 Å². The van der Waals surface area contributed by atoms with Crippen LogP contribution in [0, 0.1) is 21.7 Å². The van der Waals surface area contributed by atoms with E-state index < -0.39 is 33.5 Å². The average Bonchev–Trinajstić information content (AvgIpc) is 2.14. The van der Waals surface area contributed by atoms with Gasteiger partial charge in [0.05, 0.1) is 17.1 Å². The highest BCUT2D eigenvalue weighted by atomic mass is 19.1. The van der Waals surface area contributed by atoms with Crippen molar-refractivity contribution in [2.75, 3.05) is 6.61 Å². The molecule has 1 aromatic rings. The van der Waals surface area contributed by atoms with Crippen LogP contribution in [0.5, 0.6) is 5.75 Å². The van der Waals surface area contributed by atoms with Crippen LogP contribution in [0.25, 0.3) is 0 Å². The van der Waals surface area contributed by atoms with Crippen molar-refractivity contribution in [3.05, 3.63) is 33.9 Å². The van der Waals surface area contributed by atoms with Crippen LogP contribution in [0.1, 0.15) is 13.8 Å². The van der Waals surface area contributed by atoms with E-state index in [9.17, 15) is 18.9 Å². The van der Waals surface area contributed by atoms with Gasteiger partial charge in [0.25, 0.3) is 5.69 Å². The van der Waals surface area contributed by atoms with E-state index in [2.05, 4.69) is 0 Å². The lowest BCUT2D eigenvalue weighted by atomic mass is 10.1. The molecular formula is C10H12F2N2O3. The van der Waals surface area contributed by atoms with Crippen LogP contribution in [-0.4, -0.2) is 17.1 Å². The molecule has 94 valence electrons. The van der Waals surface area contributed by atoms with E-state index in [4.69, 9.17) is 10.5 Å². The number of nitro benzene ring substituents is 1. The molecule has 17 heavy (non-hydrogen) atoms. The van der Waals surface area contributed by atoms with E-state index in [0.29, 0.717) is 12.1 Å². The molecule has 0 fully saturated rings. The topological polar surface area (TPSA) is 78.4 Å². The molecule has 2 N–H and O–H groups in total. The summed E-state index contributed by atoms with van der Waals surface area (Å²) >= 11 is 0. The summed E-state index contributed by atoms with van der Waals surface area (Å²) in [5, 5.41) is 10.3. The quantitative estimate of drug-likeness (QED) is 0.650. The van der Waals surface area contributed by atoms with Gasteiger partial charge in [-0.05, 0) is 13.8 Å². The number of benzene rings is 1. The zero-order valence-electron chi connectivity index (χ0n) is 9.37. The van der Waals surface area contributed by atoms with Gasteiger partial charge >= 0.3 is 0 Å². The second kappa shape index (κ2) is 4.62. The van der Waals surface area contributed by atoms with Crippen LogP contribution >= 0.6 is 0 Å². The van der Waals surface area contributed by atoms with Crippen molar-refractivity contribution >= 4 is 5.69 Å². The molecule has 1 rings (SSSR count). The Morgan fingerprint density at radius 2 is 1.88 bits per heavy atom. The number of hydrogen-bond donors (Lipinski definition) is 1. The minimum Gasteiger partial charge on any atom is -0.486 e. The van der Waals surface area contributed by atoms with Crippen molar-refractivity contribution in [1.29, 1.82) is 0 Å². The van der Waals surface area contributed by atoms with Crippen LogP contribution in [0.15, 0.2) is 12.1 Å². The fourth-order valence-electron chi connectivity index (χ4n) is 1.05. The van der Waals surface area contributed by atoms with E-state index in [0.717, 1.165) is 0 Å². The molecular weight excluding hydrogens is 234 g/mol. The Morgan fingerprint density at radius 3 is 2.24 bits per heavy atom. The monoisotopic (exact) mass is 246 g/mol. The van der Waals surface area contributed by atoms with E-state index >= 15 is 0 Å². The van der Waals surface area contributed by atoms with Gasteiger partial charge in [-0.1, -0.05) is 0 Å². The van der Waals surface area contributed by atoms with Gasteiger partial charge in [-0.15, -0.1) is 0 Å². The Labute approximate surface area is 96.3 Å². The minimum atomic E-state index is -1.12. The third-order valence-electron chi connectivity index (χ3n) is 1.78. The van der Waals surface area contributed by atoms with Crippen LogP contribution in [-0.2, 0) is 0 Å². The molecule has 0 unspecified atom stereocenters. The zero-order chi connectivity index (χ0) is 13.2. The lowest BCUT2D eigenvalue weighted by molar-refractivity contribution is -0.385. The average molecular weight is 246 g/mol. The van der Waals surface area contributed by atoms with Crippen molar-refractivity contribution in [1.82, 2.24) is 0 Å². The third-order valence-corrected chi connectivity index (χ3v) is 1.78. The number of non-ortho nitro benzene ring substituents is 1. The summed E-state index contributed by atoms with van der Waals surface area (Å²) < 4.78 is 31.5. The van der Waals surface area contributed by atoms with Crippen LogP contribution in [0.2, 0.25) is 0 Å². The Bertz CT molecular complexity index is 421. The lowest BCUT2D eigenvalue weighted by Gasteiger charge is -2.19. The summed E-state index contributed by atoms with van der Waals surface area (Å²) in [6, 6.07) is 1.20. The minimum absolute atomic E-state index is 0.112. The summed E-state index contributed by atoms with van der Waals surface area (Å²) in [5.74, 6) is -2.91. The number of rotatable bonds is 4. The maximum absolute atomic E-state index is 13.3. The Morgan fingerprint density at radius 1 is 1.41 bits per heavy atom. The maximum atomic E-state index is 13.3. The maximum Gasteiger partial charge on any atom is 0.275 e. The molecule has 0 aliphatic carbocycles. The molecule has 1 aromatic carbocycles. The molecule has 0 amide bonds. The molecule has 0 heterocycles. The molecule has 5 nitrogen and oxygen atoms in total. The first-order chi connectivity index (χ1) is 7.70. The van der Waals surface area contributed by atoms with Gasteiger partial charge in [0, 0.05) is 5.54 Å². The van der Waals surface area contributed by atoms with Gasteiger partial charge in [0.2, 0.25) is 0 Å². The second-order valence-corrected chi connectivity index (χ2v) is 4.27. The predicted molar refractivity (Wildman–Crippen MR) is 56.8 cm³/mol.